The standard InChI is InChI=1S/C3H8N2/c1-3(4)5-2/h3,5H,1-2H3. The van der Waals surface area contributed by atoms with Crippen LogP contribution in [0.5, 0.6) is 0 Å². The van der Waals surface area contributed by atoms with Gasteiger partial charge < -0.3 is 5.32 Å². The Bertz CT molecular complexity index is 18.9. The Kier molecular flexibility index (Phi) is 2.14. The van der Waals surface area contributed by atoms with Crippen LogP contribution in [0.4, 0.5) is 0 Å². The Morgan fingerprint density at radius 3 is 2.00 bits per heavy atom. The van der Waals surface area contributed by atoms with Crippen LogP contribution in [-0.2, 0) is 0 Å². The highest BCUT2D eigenvalue weighted by Crippen LogP contribution is 1.57. The molecule has 0 aromatic rings. The molecule has 0 saturated heterocycles. The summed E-state index contributed by atoms with van der Waals surface area (Å²) in [5.74, 6) is 0. The van der Waals surface area contributed by atoms with Crippen molar-refractivity contribution in [3.05, 3.63) is 0 Å². The van der Waals surface area contributed by atoms with Gasteiger partial charge >= 0.3 is 0 Å². The molecule has 2 heteroatoms. The van der Waals surface area contributed by atoms with Crippen LogP contribution in [0, 0.1) is 0 Å². The second-order valence-electron chi connectivity index (χ2n) is 0.965. The predicted octanol–water partition coefficient (Wildman–Crippen LogP) is -0.380. The summed E-state index contributed by atoms with van der Waals surface area (Å²) in [5.41, 5.74) is 8.25. The quantitative estimate of drug-likeness (QED) is 0.450. The van der Waals surface area contributed by atoms with Gasteiger partial charge in [0, 0.05) is 0 Å². The van der Waals surface area contributed by atoms with Gasteiger partial charge in [0.15, 0.2) is 0 Å². The van der Waals surface area contributed by atoms with E-state index >= 15 is 0 Å². The molecule has 5 heavy (non-hydrogen) atoms. The van der Waals surface area contributed by atoms with Gasteiger partial charge in [0.05, 0.1) is 6.17 Å². The zero-order valence-corrected chi connectivity index (χ0v) is 3.52. The average Bonchev–Trinajstić information content (AvgIpc) is 1.38. The molecule has 2 nitrogen and oxygen atoms in total. The predicted molar refractivity (Wildman–Crippen MR) is 20.7 cm³/mol. The first-order valence-electron chi connectivity index (χ1n) is 1.62. The Balaban J connectivity index is 2.54. The third-order valence-corrected chi connectivity index (χ3v) is 0.418. The van der Waals surface area contributed by atoms with Gasteiger partial charge in [-0.1, -0.05) is 0 Å². The maximum atomic E-state index is 8.25. The first-order chi connectivity index (χ1) is 2.27. The Morgan fingerprint density at radius 1 is 1.80 bits per heavy atom. The fraction of sp³-hybridized carbons (Fsp3) is 1.00. The topological polar surface area (TPSA) is 34.3 Å². The van der Waals surface area contributed by atoms with E-state index in [1.54, 1.807) is 14.0 Å². The molecule has 0 rings (SSSR count). The van der Waals surface area contributed by atoms with Crippen LogP contribution in [0.3, 0.4) is 0 Å². The van der Waals surface area contributed by atoms with Gasteiger partial charge in [0.2, 0.25) is 0 Å². The first kappa shape index (κ1) is 4.92. The van der Waals surface area contributed by atoms with E-state index in [-0.39, 0.29) is 6.17 Å². The lowest BCUT2D eigenvalue weighted by molar-refractivity contribution is 0.620. The SMILES string of the molecule is CNC(C)[N]. The third-order valence-electron chi connectivity index (χ3n) is 0.418. The van der Waals surface area contributed by atoms with Gasteiger partial charge in [0.25, 0.3) is 0 Å². The summed E-state index contributed by atoms with van der Waals surface area (Å²) in [6, 6.07) is 0. The van der Waals surface area contributed by atoms with Crippen molar-refractivity contribution in [3.63, 3.8) is 0 Å². The molecule has 1 N–H and O–H groups in total. The molecule has 0 spiro atoms. The lowest BCUT2D eigenvalue weighted by Crippen LogP contribution is -2.21. The van der Waals surface area contributed by atoms with Crippen LogP contribution < -0.4 is 11.1 Å². The van der Waals surface area contributed by atoms with Gasteiger partial charge in [-0.15, -0.1) is 5.73 Å². The monoisotopic (exact) mass is 72.1 g/mol. The summed E-state index contributed by atoms with van der Waals surface area (Å²) in [7, 11) is 1.70. The molecule has 0 aliphatic carbocycles. The van der Waals surface area contributed by atoms with Crippen molar-refractivity contribution in [1.29, 1.82) is 0 Å². The molecule has 0 saturated carbocycles. The molecule has 0 aromatic carbocycles. The lowest BCUT2D eigenvalue weighted by Gasteiger charge is -1.92. The Hall–Kier alpha value is -0.0800. The van der Waals surface area contributed by atoms with Crippen LogP contribution in [-0.4, -0.2) is 13.2 Å². The van der Waals surface area contributed by atoms with Crippen LogP contribution in [0.2, 0.25) is 0 Å². The second-order valence-corrected chi connectivity index (χ2v) is 0.965. The summed E-state index contributed by atoms with van der Waals surface area (Å²) in [6.45, 7) is 1.67. The van der Waals surface area contributed by atoms with E-state index in [1.807, 2.05) is 0 Å². The van der Waals surface area contributed by atoms with E-state index in [9.17, 15) is 0 Å². The van der Waals surface area contributed by atoms with E-state index in [1.165, 1.54) is 0 Å². The Morgan fingerprint density at radius 2 is 2.00 bits per heavy atom. The normalized spacial score (nSPS) is 15.0. The van der Waals surface area contributed by atoms with Gasteiger partial charge in [-0.05, 0) is 14.0 Å². The highest BCUT2D eigenvalue weighted by atomic mass is 15.0. The highest BCUT2D eigenvalue weighted by Gasteiger charge is 1.80. The molecule has 2 radical (unpaired) electrons. The molecule has 0 aromatic heterocycles. The van der Waals surface area contributed by atoms with Crippen molar-refractivity contribution < 1.29 is 0 Å². The summed E-state index contributed by atoms with van der Waals surface area (Å²) >= 11 is 0. The van der Waals surface area contributed by atoms with Crippen LogP contribution in [0.1, 0.15) is 6.92 Å². The lowest BCUT2D eigenvalue weighted by atomic mass is 10.6. The summed E-state index contributed by atoms with van der Waals surface area (Å²) < 4.78 is 0. The largest absolute Gasteiger partial charge is 0.303 e. The molecule has 0 aliphatic rings. The van der Waals surface area contributed by atoms with E-state index in [0.717, 1.165) is 0 Å². The van der Waals surface area contributed by atoms with E-state index in [4.69, 9.17) is 5.73 Å². The van der Waals surface area contributed by atoms with Crippen molar-refractivity contribution in [2.24, 2.45) is 0 Å². The minimum absolute atomic E-state index is 0.366. The number of rotatable bonds is 1. The molecule has 1 atom stereocenters. The molecular weight excluding hydrogens is 64.0 g/mol. The maximum absolute atomic E-state index is 8.25. The fourth-order valence-corrected chi connectivity index (χ4v) is 0. The number of nitrogens with one attached hydrogen (secondary N) is 1. The van der Waals surface area contributed by atoms with Gasteiger partial charge in [-0.25, -0.2) is 0 Å². The zero-order chi connectivity index (χ0) is 4.28. The summed E-state index contributed by atoms with van der Waals surface area (Å²) in [6.07, 6.45) is -0.366. The number of hydrogen-bond donors (Lipinski definition) is 1. The molecule has 0 amide bonds. The third kappa shape index (κ3) is 3.92. The average molecular weight is 72.1 g/mol. The minimum atomic E-state index is -0.366. The van der Waals surface area contributed by atoms with Gasteiger partial charge in [0.1, 0.15) is 0 Å². The van der Waals surface area contributed by atoms with E-state index < -0.39 is 0 Å². The maximum Gasteiger partial charge on any atom is 0.0895 e. The molecule has 30 valence electrons. The van der Waals surface area contributed by atoms with Crippen molar-refractivity contribution >= 4 is 0 Å². The van der Waals surface area contributed by atoms with Gasteiger partial charge in [-0.2, -0.15) is 0 Å². The van der Waals surface area contributed by atoms with Crippen LogP contribution in [0.15, 0.2) is 0 Å². The summed E-state index contributed by atoms with van der Waals surface area (Å²) in [4.78, 5) is 0. The van der Waals surface area contributed by atoms with Crippen LogP contribution >= 0.6 is 0 Å². The Labute approximate surface area is 32.4 Å². The minimum Gasteiger partial charge on any atom is -0.303 e. The molecule has 1 unspecified atom stereocenters. The zero-order valence-electron chi connectivity index (χ0n) is 3.52. The van der Waals surface area contributed by atoms with Crippen molar-refractivity contribution in [2.75, 3.05) is 7.05 Å². The molecule has 0 heterocycles. The van der Waals surface area contributed by atoms with Crippen molar-refractivity contribution in [2.45, 2.75) is 13.1 Å². The van der Waals surface area contributed by atoms with Crippen molar-refractivity contribution in [3.8, 4) is 0 Å². The summed E-state index contributed by atoms with van der Waals surface area (Å²) in [5, 5.41) is 2.58. The molecule has 0 bridgehead atoms. The second kappa shape index (κ2) is 2.18. The van der Waals surface area contributed by atoms with Gasteiger partial charge in [-0.3, -0.25) is 0 Å². The van der Waals surface area contributed by atoms with E-state index in [0.29, 0.717) is 0 Å². The fourth-order valence-electron chi connectivity index (χ4n) is 0. The van der Waals surface area contributed by atoms with Crippen LogP contribution in [0.25, 0.3) is 0 Å². The van der Waals surface area contributed by atoms with Crippen molar-refractivity contribution in [1.82, 2.24) is 11.1 Å². The first-order valence-corrected chi connectivity index (χ1v) is 1.62. The molecule has 0 fully saturated rings. The molecular formula is C3H8N2. The smallest absolute Gasteiger partial charge is 0.0895 e. The number of nitrogens with zero attached hydrogens (tertiary/aromatic N) is 1. The highest BCUT2D eigenvalue weighted by molar-refractivity contribution is 4.36. The molecule has 0 aliphatic heterocycles. The number of hydrogen-bond acceptors (Lipinski definition) is 1. The van der Waals surface area contributed by atoms with E-state index in [2.05, 4.69) is 5.32 Å².